The van der Waals surface area contributed by atoms with E-state index in [2.05, 4.69) is 27.7 Å². The Morgan fingerprint density at radius 3 is 2.22 bits per heavy atom. The van der Waals surface area contributed by atoms with Crippen molar-refractivity contribution in [3.8, 4) is 0 Å². The van der Waals surface area contributed by atoms with Gasteiger partial charge in [-0.15, -0.1) is 0 Å². The summed E-state index contributed by atoms with van der Waals surface area (Å²) in [5.41, 5.74) is -0.0292. The first-order valence-corrected chi connectivity index (χ1v) is 19.8. The fraction of sp³-hybridized carbons (Fsp3) is 1.00. The summed E-state index contributed by atoms with van der Waals surface area (Å²) in [5, 5.41) is 74.5. The Balaban J connectivity index is 1.05. The smallest absolute Gasteiger partial charge is 0.186 e. The molecule has 7 N–H and O–H groups in total. The first-order valence-electron chi connectivity index (χ1n) is 19.8. The van der Waals surface area contributed by atoms with Gasteiger partial charge in [0, 0.05) is 12.3 Å². The SMILES string of the molecule is C[C@H]1CC[C@@]2(OC1)O[C@H]1C[C@H]3[C@@H]4C[C@H](O[C@@H]5O[C@H](CO)[C@@H](O)[C@H](O[C@@H]6OC[C@@H](O)[C@H](O)[C@H]6O)[C@H]5O)[C@H]5C[C@@H](O)CC[C@]5(C)[C@H]4CC[C@]3(C)[C@H]1[C@@H]2C. The van der Waals surface area contributed by atoms with Gasteiger partial charge >= 0.3 is 0 Å². The van der Waals surface area contributed by atoms with Crippen LogP contribution in [0, 0.1) is 52.3 Å². The number of hydrogen-bond acceptors (Lipinski definition) is 13. The van der Waals surface area contributed by atoms with Gasteiger partial charge in [-0.25, -0.2) is 0 Å². The third-order valence-corrected chi connectivity index (χ3v) is 15.8. The molecule has 292 valence electrons. The molecule has 4 aliphatic heterocycles. The van der Waals surface area contributed by atoms with Gasteiger partial charge in [-0.1, -0.05) is 27.7 Å². The van der Waals surface area contributed by atoms with Gasteiger partial charge in [-0.2, -0.15) is 0 Å². The molecule has 22 atom stereocenters. The van der Waals surface area contributed by atoms with Crippen molar-refractivity contribution in [1.29, 1.82) is 0 Å². The number of fused-ring (bicyclic) bond motifs is 7. The number of hydrogen-bond donors (Lipinski definition) is 7. The van der Waals surface area contributed by atoms with Crippen LogP contribution in [0.1, 0.15) is 85.5 Å². The van der Waals surface area contributed by atoms with Crippen molar-refractivity contribution in [2.45, 2.75) is 165 Å². The van der Waals surface area contributed by atoms with Gasteiger partial charge in [-0.3, -0.25) is 0 Å². The van der Waals surface area contributed by atoms with E-state index < -0.39 is 73.8 Å². The highest BCUT2D eigenvalue weighted by Crippen LogP contribution is 2.71. The van der Waals surface area contributed by atoms with Crippen molar-refractivity contribution >= 4 is 0 Å². The predicted octanol–water partition coefficient (Wildman–Crippen LogP) is 1.05. The largest absolute Gasteiger partial charge is 0.394 e. The Morgan fingerprint density at radius 1 is 0.725 bits per heavy atom. The van der Waals surface area contributed by atoms with Gasteiger partial charge in [0.05, 0.1) is 38.1 Å². The molecule has 8 fully saturated rings. The molecule has 0 aromatic rings. The Kier molecular flexibility index (Phi) is 9.97. The van der Waals surface area contributed by atoms with Gasteiger partial charge in [0.2, 0.25) is 0 Å². The summed E-state index contributed by atoms with van der Waals surface area (Å²) in [6.45, 7) is 9.30. The monoisotopic (exact) mass is 726 g/mol. The van der Waals surface area contributed by atoms with E-state index in [0.717, 1.165) is 58.0 Å². The lowest BCUT2D eigenvalue weighted by molar-refractivity contribution is -0.360. The number of ether oxygens (including phenoxy) is 6. The number of aliphatic hydroxyl groups excluding tert-OH is 7. The molecule has 8 rings (SSSR count). The zero-order chi connectivity index (χ0) is 36.2. The van der Waals surface area contributed by atoms with Gasteiger partial charge in [0.25, 0.3) is 0 Å². The summed E-state index contributed by atoms with van der Waals surface area (Å²) >= 11 is 0. The molecule has 51 heavy (non-hydrogen) atoms. The van der Waals surface area contributed by atoms with E-state index in [0.29, 0.717) is 41.9 Å². The van der Waals surface area contributed by atoms with Gasteiger partial charge in [0.1, 0.15) is 42.7 Å². The maximum atomic E-state index is 11.6. The molecule has 0 bridgehead atoms. The quantitative estimate of drug-likeness (QED) is 0.199. The van der Waals surface area contributed by atoms with Crippen molar-refractivity contribution in [2.75, 3.05) is 19.8 Å². The molecular weight excluding hydrogens is 664 g/mol. The van der Waals surface area contributed by atoms with E-state index in [9.17, 15) is 35.7 Å². The summed E-state index contributed by atoms with van der Waals surface area (Å²) in [5.74, 6) is 1.96. The van der Waals surface area contributed by atoms with Crippen LogP contribution in [-0.4, -0.2) is 135 Å². The summed E-state index contributed by atoms with van der Waals surface area (Å²) in [4.78, 5) is 0. The Bertz CT molecular complexity index is 1250. The highest BCUT2D eigenvalue weighted by Gasteiger charge is 2.70. The second-order valence-corrected chi connectivity index (χ2v) is 18.4. The molecule has 4 saturated heterocycles. The van der Waals surface area contributed by atoms with Crippen LogP contribution >= 0.6 is 0 Å². The first kappa shape index (κ1) is 37.4. The molecule has 4 saturated carbocycles. The fourth-order valence-corrected chi connectivity index (χ4v) is 13.0. The normalized spacial score (nSPS) is 59.9. The number of aliphatic hydroxyl groups is 7. The molecule has 0 aromatic heterocycles. The maximum absolute atomic E-state index is 11.6. The topological polar surface area (TPSA) is 197 Å². The summed E-state index contributed by atoms with van der Waals surface area (Å²) in [6.07, 6.45) is -5.33. The van der Waals surface area contributed by atoms with E-state index >= 15 is 0 Å². The van der Waals surface area contributed by atoms with Crippen molar-refractivity contribution in [3.05, 3.63) is 0 Å². The Morgan fingerprint density at radius 2 is 1.49 bits per heavy atom. The summed E-state index contributed by atoms with van der Waals surface area (Å²) < 4.78 is 37.6. The van der Waals surface area contributed by atoms with Crippen LogP contribution in [-0.2, 0) is 28.4 Å². The average Bonchev–Trinajstić information content (AvgIpc) is 3.55. The standard InChI is InChI=1S/C38H62O13/c1-17-5-10-38(47-15-17)18(2)28-26(51-38)13-22-20-12-25(23-11-19(40)6-8-36(23,3)21(20)7-9-37(22,28)4)48-35-32(45)33(30(43)27(14-39)49-35)50-34-31(44)29(42)24(41)16-46-34/h17-35,39-45H,5-16H2,1-4H3/t17-,18-,19-,20+,21-,22-,23+,24+,25-,26-,27+,28-,29-,30+,31+,32+,33-,34-,35+,36+,37-,38+/m0/s1. The minimum absolute atomic E-state index is 0.00133. The van der Waals surface area contributed by atoms with Crippen LogP contribution in [0.3, 0.4) is 0 Å². The van der Waals surface area contributed by atoms with E-state index in [4.69, 9.17) is 28.4 Å². The van der Waals surface area contributed by atoms with Crippen LogP contribution in [0.2, 0.25) is 0 Å². The Labute approximate surface area is 300 Å². The molecule has 0 amide bonds. The van der Waals surface area contributed by atoms with Gasteiger partial charge in [-0.05, 0) is 97.7 Å². The predicted molar refractivity (Wildman–Crippen MR) is 178 cm³/mol. The lowest BCUT2D eigenvalue weighted by Crippen LogP contribution is -2.65. The van der Waals surface area contributed by atoms with Crippen molar-refractivity contribution < 1.29 is 64.2 Å². The van der Waals surface area contributed by atoms with Crippen molar-refractivity contribution in [2.24, 2.45) is 52.3 Å². The molecule has 4 aliphatic carbocycles. The van der Waals surface area contributed by atoms with Crippen molar-refractivity contribution in [3.63, 3.8) is 0 Å². The summed E-state index contributed by atoms with van der Waals surface area (Å²) in [6, 6.07) is 0. The second-order valence-electron chi connectivity index (χ2n) is 18.4. The van der Waals surface area contributed by atoms with Crippen LogP contribution in [0.15, 0.2) is 0 Å². The number of rotatable bonds is 5. The van der Waals surface area contributed by atoms with Crippen LogP contribution in [0.4, 0.5) is 0 Å². The van der Waals surface area contributed by atoms with Crippen LogP contribution in [0.25, 0.3) is 0 Å². The van der Waals surface area contributed by atoms with Crippen LogP contribution in [0.5, 0.6) is 0 Å². The molecular formula is C38H62O13. The van der Waals surface area contributed by atoms with Crippen molar-refractivity contribution in [1.82, 2.24) is 0 Å². The van der Waals surface area contributed by atoms with E-state index in [1.807, 2.05) is 0 Å². The molecule has 13 nitrogen and oxygen atoms in total. The zero-order valence-corrected chi connectivity index (χ0v) is 30.5. The maximum Gasteiger partial charge on any atom is 0.186 e. The van der Waals surface area contributed by atoms with Crippen LogP contribution < -0.4 is 0 Å². The highest BCUT2D eigenvalue weighted by molar-refractivity contribution is 5.16. The molecule has 4 heterocycles. The third kappa shape index (κ3) is 5.90. The Hall–Kier alpha value is -0.520. The molecule has 0 radical (unpaired) electrons. The van der Waals surface area contributed by atoms with Gasteiger partial charge < -0.3 is 64.2 Å². The second kappa shape index (κ2) is 13.6. The molecule has 0 unspecified atom stereocenters. The molecule has 13 heteroatoms. The zero-order valence-electron chi connectivity index (χ0n) is 30.5. The van der Waals surface area contributed by atoms with E-state index in [1.54, 1.807) is 0 Å². The summed E-state index contributed by atoms with van der Waals surface area (Å²) in [7, 11) is 0. The third-order valence-electron chi connectivity index (χ3n) is 15.8. The molecule has 8 aliphatic rings. The first-order chi connectivity index (χ1) is 24.2. The lowest BCUT2D eigenvalue weighted by Gasteiger charge is -2.63. The molecule has 1 spiro atoms. The minimum Gasteiger partial charge on any atom is -0.394 e. The average molecular weight is 727 g/mol. The molecule has 0 aromatic carbocycles. The van der Waals surface area contributed by atoms with E-state index in [-0.39, 0.29) is 35.6 Å². The van der Waals surface area contributed by atoms with E-state index in [1.165, 1.54) is 0 Å². The van der Waals surface area contributed by atoms with Gasteiger partial charge in [0.15, 0.2) is 18.4 Å². The lowest BCUT2D eigenvalue weighted by atomic mass is 9.43. The highest BCUT2D eigenvalue weighted by atomic mass is 16.7. The fourth-order valence-electron chi connectivity index (χ4n) is 13.0. The minimum atomic E-state index is -1.64.